The summed E-state index contributed by atoms with van der Waals surface area (Å²) in [5.74, 6) is 0.784. The number of aryl methyl sites for hydroxylation is 1. The van der Waals surface area contributed by atoms with Crippen molar-refractivity contribution in [2.24, 2.45) is 0 Å². The lowest BCUT2D eigenvalue weighted by atomic mass is 10.2. The van der Waals surface area contributed by atoms with Crippen LogP contribution in [0.2, 0.25) is 0 Å². The molecule has 0 N–H and O–H groups in total. The predicted octanol–water partition coefficient (Wildman–Crippen LogP) is 3.52. The summed E-state index contributed by atoms with van der Waals surface area (Å²) >= 11 is 1.26. The van der Waals surface area contributed by atoms with E-state index >= 15 is 0 Å². The molecule has 0 fully saturated rings. The molecule has 0 aliphatic rings. The third kappa shape index (κ3) is 4.55. The van der Waals surface area contributed by atoms with Crippen molar-refractivity contribution in [1.82, 2.24) is 15.2 Å². The Bertz CT molecular complexity index is 966. The minimum absolute atomic E-state index is 0.274. The molecule has 128 valence electrons. The fourth-order valence-corrected chi connectivity index (χ4v) is 3.68. The number of hydrogen-bond donors (Lipinski definition) is 0. The van der Waals surface area contributed by atoms with Gasteiger partial charge in [-0.05, 0) is 31.2 Å². The van der Waals surface area contributed by atoms with Crippen LogP contribution in [-0.4, -0.2) is 29.4 Å². The molecule has 0 unspecified atom stereocenters. The van der Waals surface area contributed by atoms with Gasteiger partial charge in [-0.1, -0.05) is 35.5 Å². The molecular formula is C17H15N3O3S2. The lowest BCUT2D eigenvalue weighted by molar-refractivity contribution is 0.466. The van der Waals surface area contributed by atoms with Gasteiger partial charge in [-0.15, -0.1) is 10.2 Å². The van der Waals surface area contributed by atoms with E-state index in [9.17, 15) is 8.42 Å². The molecule has 8 heteroatoms. The van der Waals surface area contributed by atoms with E-state index in [1.54, 1.807) is 48.8 Å². The van der Waals surface area contributed by atoms with Crippen LogP contribution in [0.25, 0.3) is 11.5 Å². The van der Waals surface area contributed by atoms with Crippen molar-refractivity contribution in [3.05, 3.63) is 65.8 Å². The van der Waals surface area contributed by atoms with Crippen molar-refractivity contribution in [3.8, 4) is 11.5 Å². The third-order valence-corrected chi connectivity index (χ3v) is 5.49. The van der Waals surface area contributed by atoms with Crippen LogP contribution in [0.15, 0.2) is 74.8 Å². The molecule has 0 atom stereocenters. The van der Waals surface area contributed by atoms with Gasteiger partial charge in [0.1, 0.15) is 0 Å². The second-order valence-corrected chi connectivity index (χ2v) is 7.96. The van der Waals surface area contributed by atoms with Crippen LogP contribution in [-0.2, 0) is 9.84 Å². The van der Waals surface area contributed by atoms with Gasteiger partial charge in [0, 0.05) is 23.6 Å². The summed E-state index contributed by atoms with van der Waals surface area (Å²) in [6.45, 7) is 1.91. The molecule has 0 aliphatic carbocycles. The summed E-state index contributed by atoms with van der Waals surface area (Å²) in [6.07, 6.45) is 4.86. The number of benzene rings is 1. The summed E-state index contributed by atoms with van der Waals surface area (Å²) in [4.78, 5) is 4.27. The van der Waals surface area contributed by atoms with Gasteiger partial charge in [0.15, 0.2) is 9.84 Å². The summed E-state index contributed by atoms with van der Waals surface area (Å²) in [7, 11) is -3.44. The van der Waals surface area contributed by atoms with E-state index in [4.69, 9.17) is 4.42 Å². The van der Waals surface area contributed by atoms with E-state index in [1.165, 1.54) is 17.2 Å². The maximum absolute atomic E-state index is 12.2. The monoisotopic (exact) mass is 373 g/mol. The van der Waals surface area contributed by atoms with E-state index in [2.05, 4.69) is 15.2 Å². The van der Waals surface area contributed by atoms with Gasteiger partial charge in [-0.3, -0.25) is 4.98 Å². The molecule has 0 amide bonds. The molecule has 2 aromatic heterocycles. The first-order valence-electron chi connectivity index (χ1n) is 7.39. The smallest absolute Gasteiger partial charge is 0.277 e. The van der Waals surface area contributed by atoms with Crippen molar-refractivity contribution in [3.63, 3.8) is 0 Å². The summed E-state index contributed by atoms with van der Waals surface area (Å²) in [5, 5.41) is 9.45. The summed E-state index contributed by atoms with van der Waals surface area (Å²) in [6, 6.07) is 10.3. The van der Waals surface area contributed by atoms with Crippen molar-refractivity contribution >= 4 is 21.6 Å². The fourth-order valence-electron chi connectivity index (χ4n) is 1.97. The normalized spacial score (nSPS) is 11.9. The SMILES string of the molecule is Cc1ccc(S(=O)(=O)/C=C/CSc2nnc(-c3cccnc3)o2)cc1. The van der Waals surface area contributed by atoms with Gasteiger partial charge in [0.05, 0.1) is 10.5 Å². The zero-order valence-corrected chi connectivity index (χ0v) is 15.0. The zero-order valence-electron chi connectivity index (χ0n) is 13.4. The Hall–Kier alpha value is -2.45. The molecule has 1 aromatic carbocycles. The minimum atomic E-state index is -3.44. The van der Waals surface area contributed by atoms with Crippen LogP contribution in [0, 0.1) is 6.92 Å². The Morgan fingerprint density at radius 3 is 2.68 bits per heavy atom. The molecule has 0 spiro atoms. The van der Waals surface area contributed by atoms with Gasteiger partial charge < -0.3 is 4.42 Å². The maximum Gasteiger partial charge on any atom is 0.277 e. The van der Waals surface area contributed by atoms with Gasteiger partial charge in [0.25, 0.3) is 5.22 Å². The van der Waals surface area contributed by atoms with Crippen LogP contribution >= 0.6 is 11.8 Å². The third-order valence-electron chi connectivity index (χ3n) is 3.24. The lowest BCUT2D eigenvalue weighted by Crippen LogP contribution is -1.96. The lowest BCUT2D eigenvalue weighted by Gasteiger charge is -1.99. The highest BCUT2D eigenvalue weighted by Crippen LogP contribution is 2.22. The zero-order chi connectivity index (χ0) is 17.7. The van der Waals surface area contributed by atoms with Crippen molar-refractivity contribution in [1.29, 1.82) is 0 Å². The number of rotatable bonds is 6. The van der Waals surface area contributed by atoms with Crippen LogP contribution in [0.3, 0.4) is 0 Å². The molecule has 0 aliphatic heterocycles. The van der Waals surface area contributed by atoms with Crippen molar-refractivity contribution in [2.75, 3.05) is 5.75 Å². The molecule has 3 aromatic rings. The first-order chi connectivity index (χ1) is 12.0. The predicted molar refractivity (Wildman–Crippen MR) is 95.8 cm³/mol. The Morgan fingerprint density at radius 1 is 1.16 bits per heavy atom. The fraction of sp³-hybridized carbons (Fsp3) is 0.118. The molecule has 25 heavy (non-hydrogen) atoms. The van der Waals surface area contributed by atoms with Crippen LogP contribution in [0.4, 0.5) is 0 Å². The van der Waals surface area contributed by atoms with Crippen molar-refractivity contribution in [2.45, 2.75) is 17.0 Å². The molecule has 2 heterocycles. The first kappa shape index (κ1) is 17.4. The minimum Gasteiger partial charge on any atom is -0.411 e. The second kappa shape index (κ2) is 7.62. The highest BCUT2D eigenvalue weighted by Gasteiger charge is 2.10. The van der Waals surface area contributed by atoms with E-state index in [0.717, 1.165) is 11.1 Å². The Labute approximate surface area is 149 Å². The summed E-state index contributed by atoms with van der Waals surface area (Å²) in [5.41, 5.74) is 1.75. The van der Waals surface area contributed by atoms with E-state index in [0.29, 0.717) is 16.9 Å². The first-order valence-corrected chi connectivity index (χ1v) is 9.93. The highest BCUT2D eigenvalue weighted by atomic mass is 32.2. The number of nitrogens with zero attached hydrogens (tertiary/aromatic N) is 3. The van der Waals surface area contributed by atoms with Gasteiger partial charge in [-0.2, -0.15) is 0 Å². The number of sulfone groups is 1. The standard InChI is InChI=1S/C17H15N3O3S2/c1-13-5-7-15(8-6-13)25(21,22)11-3-10-24-17-20-19-16(23-17)14-4-2-9-18-12-14/h2-9,11-12H,10H2,1H3/b11-3+. The number of pyridine rings is 1. The number of aromatic nitrogens is 3. The average molecular weight is 373 g/mol. The Morgan fingerprint density at radius 2 is 1.96 bits per heavy atom. The molecule has 0 saturated heterocycles. The summed E-state index contributed by atoms with van der Waals surface area (Å²) < 4.78 is 29.9. The van der Waals surface area contributed by atoms with Gasteiger partial charge in [0.2, 0.25) is 5.89 Å². The molecule has 0 bridgehead atoms. The molecule has 6 nitrogen and oxygen atoms in total. The quantitative estimate of drug-likeness (QED) is 0.611. The number of hydrogen-bond acceptors (Lipinski definition) is 7. The van der Waals surface area contributed by atoms with E-state index in [-0.39, 0.29) is 4.90 Å². The van der Waals surface area contributed by atoms with Crippen LogP contribution in [0.1, 0.15) is 5.56 Å². The van der Waals surface area contributed by atoms with Crippen LogP contribution < -0.4 is 0 Å². The highest BCUT2D eigenvalue weighted by molar-refractivity contribution is 7.99. The molecule has 0 radical (unpaired) electrons. The van der Waals surface area contributed by atoms with Crippen LogP contribution in [0.5, 0.6) is 0 Å². The Kier molecular flexibility index (Phi) is 5.30. The number of thioether (sulfide) groups is 1. The topological polar surface area (TPSA) is 86.0 Å². The van der Waals surface area contributed by atoms with E-state index in [1.807, 2.05) is 13.0 Å². The van der Waals surface area contributed by atoms with Crippen molar-refractivity contribution < 1.29 is 12.8 Å². The average Bonchev–Trinajstić information content (AvgIpc) is 3.09. The molecular weight excluding hydrogens is 358 g/mol. The Balaban J connectivity index is 1.60. The van der Waals surface area contributed by atoms with Gasteiger partial charge >= 0.3 is 0 Å². The molecule has 3 rings (SSSR count). The largest absolute Gasteiger partial charge is 0.411 e. The molecule has 0 saturated carbocycles. The van der Waals surface area contributed by atoms with E-state index < -0.39 is 9.84 Å². The van der Waals surface area contributed by atoms with Gasteiger partial charge in [-0.25, -0.2) is 8.42 Å². The maximum atomic E-state index is 12.2. The second-order valence-electron chi connectivity index (χ2n) is 5.16.